The summed E-state index contributed by atoms with van der Waals surface area (Å²) in [5, 5.41) is 9.41. The Bertz CT molecular complexity index is 1790. The highest BCUT2D eigenvalue weighted by Crippen LogP contribution is 2.43. The van der Waals surface area contributed by atoms with Gasteiger partial charge in [0.15, 0.2) is 0 Å². The van der Waals surface area contributed by atoms with Crippen molar-refractivity contribution in [2.75, 3.05) is 62.3 Å². The Morgan fingerprint density at radius 1 is 1.05 bits per heavy atom. The number of nitrogens with one attached hydrogen (secondary N) is 2. The maximum atomic E-state index is 13.4. The fourth-order valence-electron chi connectivity index (χ4n) is 4.96. The fourth-order valence-corrected chi connectivity index (χ4v) is 7.40. The Balaban J connectivity index is 1.37. The third-order valence-electron chi connectivity index (χ3n) is 6.85. The maximum Gasteiger partial charge on any atom is 0.229 e. The Kier molecular flexibility index (Phi) is 8.13. The molecule has 0 amide bonds. The molecule has 1 fully saturated rings. The fraction of sp³-hybridized carbons (Fsp3) is 0.241. The van der Waals surface area contributed by atoms with Gasteiger partial charge in [0.25, 0.3) is 0 Å². The summed E-state index contributed by atoms with van der Waals surface area (Å²) in [5.74, 6) is 1.55. The molecule has 2 aromatic carbocycles. The molecule has 2 N–H and O–H groups in total. The van der Waals surface area contributed by atoms with Gasteiger partial charge in [0.2, 0.25) is 5.95 Å². The van der Waals surface area contributed by atoms with Crippen molar-refractivity contribution in [1.82, 2.24) is 19.9 Å². The first kappa shape index (κ1) is 28.5. The summed E-state index contributed by atoms with van der Waals surface area (Å²) in [6.45, 7) is 6.44. The Morgan fingerprint density at radius 3 is 2.60 bits per heavy atom. The van der Waals surface area contributed by atoms with Gasteiger partial charge < -0.3 is 29.6 Å². The third kappa shape index (κ3) is 5.85. The number of halogens is 1. The maximum absolute atomic E-state index is 13.4. The van der Waals surface area contributed by atoms with E-state index in [4.69, 9.17) is 14.5 Å². The van der Waals surface area contributed by atoms with E-state index < -0.39 is 7.14 Å². The lowest BCUT2D eigenvalue weighted by Crippen LogP contribution is -2.36. The molecule has 10 nitrogen and oxygen atoms in total. The van der Waals surface area contributed by atoms with Gasteiger partial charge >= 0.3 is 0 Å². The second-order valence-electron chi connectivity index (χ2n) is 10.0. The molecule has 0 saturated carbocycles. The molecule has 5 aromatic rings. The predicted molar refractivity (Wildman–Crippen MR) is 174 cm³/mol. The number of thiophene rings is 1. The molecule has 0 spiro atoms. The van der Waals surface area contributed by atoms with E-state index in [2.05, 4.69) is 70.0 Å². The Morgan fingerprint density at radius 2 is 1.86 bits per heavy atom. The summed E-state index contributed by atoms with van der Waals surface area (Å²) in [6, 6.07) is 12.0. The van der Waals surface area contributed by atoms with E-state index in [1.165, 1.54) is 0 Å². The van der Waals surface area contributed by atoms with Gasteiger partial charge in [0.1, 0.15) is 24.2 Å². The molecule has 0 bridgehead atoms. The van der Waals surface area contributed by atoms with Crippen LogP contribution in [-0.2, 0) is 9.30 Å². The van der Waals surface area contributed by atoms with Crippen molar-refractivity contribution in [3.05, 3.63) is 64.8 Å². The number of benzene rings is 2. The zero-order chi connectivity index (χ0) is 29.3. The summed E-state index contributed by atoms with van der Waals surface area (Å²) < 4.78 is 25.4. The lowest BCUT2D eigenvalue weighted by molar-refractivity contribution is 0.122. The normalized spacial score (nSPS) is 13.8. The van der Waals surface area contributed by atoms with Crippen molar-refractivity contribution >= 4 is 79.6 Å². The molecule has 0 aliphatic carbocycles. The highest BCUT2D eigenvalue weighted by molar-refractivity contribution is 9.10. The van der Waals surface area contributed by atoms with Crippen LogP contribution < -0.4 is 25.6 Å². The third-order valence-corrected chi connectivity index (χ3v) is 9.87. The first-order valence-corrected chi connectivity index (χ1v) is 17.5. The minimum Gasteiger partial charge on any atom is -0.494 e. The lowest BCUT2D eigenvalue weighted by atomic mass is 10.1. The van der Waals surface area contributed by atoms with E-state index in [9.17, 15) is 4.57 Å². The van der Waals surface area contributed by atoms with Crippen molar-refractivity contribution < 1.29 is 14.0 Å². The molecule has 0 atom stereocenters. The summed E-state index contributed by atoms with van der Waals surface area (Å²) in [5.41, 5.74) is 4.85. The van der Waals surface area contributed by atoms with E-state index in [-0.39, 0.29) is 0 Å². The average molecular weight is 667 g/mol. The molecule has 1 saturated heterocycles. The van der Waals surface area contributed by atoms with Gasteiger partial charge in [-0.05, 0) is 58.9 Å². The summed E-state index contributed by atoms with van der Waals surface area (Å²) in [7, 11) is -1.09. The van der Waals surface area contributed by atoms with Crippen molar-refractivity contribution in [2.45, 2.75) is 0 Å². The summed E-state index contributed by atoms with van der Waals surface area (Å²) >= 11 is 5.25. The number of hydrogen-bond donors (Lipinski definition) is 2. The first-order valence-electron chi connectivity index (χ1n) is 13.3. The number of anilines is 5. The van der Waals surface area contributed by atoms with Crippen LogP contribution in [0.1, 0.15) is 0 Å². The number of fused-ring (bicyclic) bond motifs is 1. The molecule has 1 aliphatic heterocycles. The number of methoxy groups -OCH3 is 1. The van der Waals surface area contributed by atoms with E-state index in [0.717, 1.165) is 34.9 Å². The van der Waals surface area contributed by atoms with Crippen molar-refractivity contribution in [1.29, 1.82) is 0 Å². The standard InChI is InChI=1S/C29H29BrN7O3PS/c1-39-24-16-23(37-10-12-40-13-11-37)18(25-5-4-14-42-25)15-22(24)35-29-33-17-19(30)28(36-29)34-21-7-6-20-26(32-9-8-31-20)27(21)41(2,3)38/h4-9,14-17H,10-13H2,1-3H3,(H2,33,34,35,36). The van der Waals surface area contributed by atoms with Crippen LogP contribution >= 0.6 is 34.4 Å². The molecule has 4 heterocycles. The smallest absolute Gasteiger partial charge is 0.229 e. The Hall–Kier alpha value is -3.57. The monoisotopic (exact) mass is 665 g/mol. The predicted octanol–water partition coefficient (Wildman–Crippen LogP) is 6.49. The van der Waals surface area contributed by atoms with Crippen LogP contribution in [0, 0.1) is 0 Å². The molecule has 42 heavy (non-hydrogen) atoms. The van der Waals surface area contributed by atoms with Gasteiger partial charge in [-0.2, -0.15) is 4.98 Å². The van der Waals surface area contributed by atoms with E-state index in [1.807, 2.05) is 18.2 Å². The Labute approximate surface area is 256 Å². The highest BCUT2D eigenvalue weighted by Gasteiger charge is 2.23. The zero-order valence-corrected chi connectivity index (χ0v) is 26.6. The molecular formula is C29H29BrN7O3PS. The molecule has 13 heteroatoms. The minimum atomic E-state index is -2.74. The first-order chi connectivity index (χ1) is 20.3. The largest absolute Gasteiger partial charge is 0.494 e. The van der Waals surface area contributed by atoms with Crippen molar-refractivity contribution in [2.24, 2.45) is 0 Å². The van der Waals surface area contributed by atoms with Crippen LogP contribution in [-0.4, -0.2) is 66.7 Å². The van der Waals surface area contributed by atoms with Gasteiger partial charge in [0.05, 0.1) is 47.0 Å². The van der Waals surface area contributed by atoms with Gasteiger partial charge in [0, 0.05) is 53.9 Å². The number of rotatable bonds is 8. The number of morpholine rings is 1. The second kappa shape index (κ2) is 12.0. The van der Waals surface area contributed by atoms with E-state index >= 15 is 0 Å². The van der Waals surface area contributed by atoms with Crippen molar-refractivity contribution in [3.63, 3.8) is 0 Å². The number of nitrogens with zero attached hydrogens (tertiary/aromatic N) is 5. The lowest BCUT2D eigenvalue weighted by Gasteiger charge is -2.31. The number of aromatic nitrogens is 4. The van der Waals surface area contributed by atoms with E-state index in [0.29, 0.717) is 57.2 Å². The number of hydrogen-bond acceptors (Lipinski definition) is 11. The SMILES string of the molecule is COc1cc(N2CCOCC2)c(-c2cccs2)cc1Nc1ncc(Br)c(Nc2ccc3nccnc3c2P(C)(C)=O)n1. The van der Waals surface area contributed by atoms with Crippen LogP contribution in [0.5, 0.6) is 5.75 Å². The molecule has 1 aliphatic rings. The number of ether oxygens (including phenoxy) is 2. The molecule has 216 valence electrons. The molecular weight excluding hydrogens is 637 g/mol. The topological polar surface area (TPSA) is 114 Å². The molecule has 0 unspecified atom stereocenters. The summed E-state index contributed by atoms with van der Waals surface area (Å²) in [6.07, 6.45) is 4.90. The second-order valence-corrected chi connectivity index (χ2v) is 15.0. The highest BCUT2D eigenvalue weighted by atomic mass is 79.9. The van der Waals surface area contributed by atoms with Gasteiger partial charge in [-0.3, -0.25) is 9.97 Å². The van der Waals surface area contributed by atoms with Crippen molar-refractivity contribution in [3.8, 4) is 16.2 Å². The van der Waals surface area contributed by atoms with Crippen LogP contribution in [0.25, 0.3) is 21.5 Å². The van der Waals surface area contributed by atoms with E-state index in [1.54, 1.807) is 50.4 Å². The minimum absolute atomic E-state index is 0.369. The van der Waals surface area contributed by atoms with Gasteiger partial charge in [-0.1, -0.05) is 6.07 Å². The average Bonchev–Trinajstić information content (AvgIpc) is 3.53. The zero-order valence-electron chi connectivity index (χ0n) is 23.3. The van der Waals surface area contributed by atoms with Crippen LogP contribution in [0.2, 0.25) is 0 Å². The quantitative estimate of drug-likeness (QED) is 0.178. The van der Waals surface area contributed by atoms with Gasteiger partial charge in [-0.15, -0.1) is 11.3 Å². The van der Waals surface area contributed by atoms with Crippen LogP contribution in [0.15, 0.2) is 64.8 Å². The summed E-state index contributed by atoms with van der Waals surface area (Å²) in [4.78, 5) is 21.6. The molecule has 3 aromatic heterocycles. The van der Waals surface area contributed by atoms with Gasteiger partial charge in [-0.25, -0.2) is 4.98 Å². The molecule has 0 radical (unpaired) electrons. The van der Waals surface area contributed by atoms with Crippen LogP contribution in [0.3, 0.4) is 0 Å². The van der Waals surface area contributed by atoms with Crippen LogP contribution in [0.4, 0.5) is 28.8 Å². The molecule has 6 rings (SSSR count).